The highest BCUT2D eigenvalue weighted by Gasteiger charge is 2.32. The van der Waals surface area contributed by atoms with Crippen LogP contribution >= 0.6 is 0 Å². The van der Waals surface area contributed by atoms with Crippen LogP contribution in [0.25, 0.3) is 0 Å². The minimum Gasteiger partial charge on any atom is -0.480 e. The number of ether oxygens (including phenoxy) is 1. The number of methoxy groups -OCH3 is 1. The van der Waals surface area contributed by atoms with E-state index in [0.29, 0.717) is 5.88 Å². The second-order valence-electron chi connectivity index (χ2n) is 4.71. The summed E-state index contributed by atoms with van der Waals surface area (Å²) in [6.45, 7) is 1.60. The Labute approximate surface area is 102 Å². The largest absolute Gasteiger partial charge is 0.480 e. The van der Waals surface area contributed by atoms with E-state index < -0.39 is 0 Å². The quantitative estimate of drug-likeness (QED) is 0.808. The molecule has 1 fully saturated rings. The Kier molecular flexibility index (Phi) is 3.78. The third kappa shape index (κ3) is 2.85. The van der Waals surface area contributed by atoms with Crippen molar-refractivity contribution < 1.29 is 4.74 Å². The average Bonchev–Trinajstić information content (AvgIpc) is 2.86. The molecule has 0 spiro atoms. The zero-order chi connectivity index (χ0) is 12.1. The van der Waals surface area contributed by atoms with Crippen molar-refractivity contribution in [1.29, 1.82) is 0 Å². The number of rotatable bonds is 5. The van der Waals surface area contributed by atoms with Crippen molar-refractivity contribution >= 4 is 5.82 Å². The third-order valence-electron chi connectivity index (χ3n) is 3.56. The second-order valence-corrected chi connectivity index (χ2v) is 4.71. The van der Waals surface area contributed by atoms with Crippen molar-refractivity contribution in [1.82, 2.24) is 9.97 Å². The topological polar surface area (TPSA) is 73.1 Å². The van der Waals surface area contributed by atoms with E-state index in [9.17, 15) is 0 Å². The summed E-state index contributed by atoms with van der Waals surface area (Å²) < 4.78 is 5.04. The lowest BCUT2D eigenvalue weighted by Crippen LogP contribution is -2.34. The zero-order valence-corrected chi connectivity index (χ0v) is 10.3. The first kappa shape index (κ1) is 12.1. The van der Waals surface area contributed by atoms with Gasteiger partial charge in [0.1, 0.15) is 5.82 Å². The lowest BCUT2D eigenvalue weighted by atomic mass is 9.86. The smallest absolute Gasteiger partial charge is 0.233 e. The minimum atomic E-state index is 0.241. The van der Waals surface area contributed by atoms with Gasteiger partial charge in [-0.2, -0.15) is 4.98 Å². The van der Waals surface area contributed by atoms with E-state index >= 15 is 0 Å². The van der Waals surface area contributed by atoms with Crippen molar-refractivity contribution in [2.75, 3.05) is 25.5 Å². The van der Waals surface area contributed by atoms with Crippen LogP contribution < -0.4 is 15.8 Å². The number of anilines is 1. The molecule has 0 aliphatic heterocycles. The molecule has 1 aliphatic carbocycles. The number of nitrogens with zero attached hydrogens (tertiary/aromatic N) is 2. The number of nitrogens with one attached hydrogen (secondary N) is 1. The minimum absolute atomic E-state index is 0.241. The molecule has 94 valence electrons. The van der Waals surface area contributed by atoms with Gasteiger partial charge in [-0.15, -0.1) is 0 Å². The Morgan fingerprint density at radius 1 is 1.41 bits per heavy atom. The van der Waals surface area contributed by atoms with E-state index in [1.54, 1.807) is 19.5 Å². The molecule has 3 N–H and O–H groups in total. The predicted octanol–water partition coefficient (Wildman–Crippen LogP) is 1.42. The fourth-order valence-electron chi connectivity index (χ4n) is 2.39. The molecule has 5 nitrogen and oxygen atoms in total. The van der Waals surface area contributed by atoms with Crippen LogP contribution in [0.3, 0.4) is 0 Å². The van der Waals surface area contributed by atoms with Crippen molar-refractivity contribution in [3.05, 3.63) is 12.4 Å². The molecule has 1 aromatic heterocycles. The van der Waals surface area contributed by atoms with Crippen LogP contribution in [-0.2, 0) is 0 Å². The summed E-state index contributed by atoms with van der Waals surface area (Å²) in [4.78, 5) is 8.35. The molecule has 1 saturated carbocycles. The second kappa shape index (κ2) is 5.31. The molecular weight excluding hydrogens is 216 g/mol. The molecule has 0 unspecified atom stereocenters. The van der Waals surface area contributed by atoms with E-state index in [2.05, 4.69) is 15.3 Å². The van der Waals surface area contributed by atoms with Crippen molar-refractivity contribution in [2.45, 2.75) is 25.7 Å². The molecule has 0 radical (unpaired) electrons. The van der Waals surface area contributed by atoms with Crippen LogP contribution in [0.4, 0.5) is 5.82 Å². The van der Waals surface area contributed by atoms with Crippen LogP contribution in [0.15, 0.2) is 12.4 Å². The molecule has 17 heavy (non-hydrogen) atoms. The van der Waals surface area contributed by atoms with Gasteiger partial charge in [0.2, 0.25) is 5.88 Å². The van der Waals surface area contributed by atoms with Gasteiger partial charge >= 0.3 is 0 Å². The first-order chi connectivity index (χ1) is 8.28. The Bertz CT molecular complexity index is 363. The van der Waals surface area contributed by atoms with Gasteiger partial charge < -0.3 is 15.8 Å². The Balaban J connectivity index is 1.96. The molecule has 0 saturated heterocycles. The van der Waals surface area contributed by atoms with Crippen molar-refractivity contribution in [3.63, 3.8) is 0 Å². The monoisotopic (exact) mass is 236 g/mol. The molecule has 2 rings (SSSR count). The Morgan fingerprint density at radius 2 is 2.18 bits per heavy atom. The first-order valence-corrected chi connectivity index (χ1v) is 6.08. The van der Waals surface area contributed by atoms with Crippen LogP contribution in [0.1, 0.15) is 25.7 Å². The molecule has 0 atom stereocenters. The standard InChI is InChI=1S/C12H20N4O/c1-17-11-7-14-6-10(16-11)15-9-12(8-13)4-2-3-5-12/h6-7H,2-5,8-9,13H2,1H3,(H,15,16). The zero-order valence-electron chi connectivity index (χ0n) is 10.3. The van der Waals surface area contributed by atoms with E-state index in [4.69, 9.17) is 10.5 Å². The van der Waals surface area contributed by atoms with Gasteiger partial charge in [0.05, 0.1) is 19.5 Å². The van der Waals surface area contributed by atoms with Crippen LogP contribution in [0, 0.1) is 5.41 Å². The maximum Gasteiger partial charge on any atom is 0.233 e. The van der Waals surface area contributed by atoms with Gasteiger partial charge in [-0.05, 0) is 24.8 Å². The van der Waals surface area contributed by atoms with Crippen LogP contribution in [0.5, 0.6) is 5.88 Å². The third-order valence-corrected chi connectivity index (χ3v) is 3.56. The SMILES string of the molecule is COc1cncc(NCC2(CN)CCCC2)n1. The van der Waals surface area contributed by atoms with Crippen LogP contribution in [-0.4, -0.2) is 30.2 Å². The maximum absolute atomic E-state index is 5.89. The average molecular weight is 236 g/mol. The van der Waals surface area contributed by atoms with Gasteiger partial charge in [0, 0.05) is 6.54 Å². The molecule has 0 bridgehead atoms. The van der Waals surface area contributed by atoms with Crippen molar-refractivity contribution in [2.24, 2.45) is 11.1 Å². The fourth-order valence-corrected chi connectivity index (χ4v) is 2.39. The number of hydrogen-bond acceptors (Lipinski definition) is 5. The summed E-state index contributed by atoms with van der Waals surface area (Å²) in [5.74, 6) is 1.28. The van der Waals surface area contributed by atoms with Gasteiger partial charge in [0.25, 0.3) is 0 Å². The summed E-state index contributed by atoms with van der Waals surface area (Å²) in [5.41, 5.74) is 6.13. The Hall–Kier alpha value is -1.36. The van der Waals surface area contributed by atoms with Gasteiger partial charge in [-0.3, -0.25) is 4.98 Å². The molecule has 1 heterocycles. The molecular formula is C12H20N4O. The lowest BCUT2D eigenvalue weighted by Gasteiger charge is -2.27. The predicted molar refractivity (Wildman–Crippen MR) is 67.0 cm³/mol. The number of aromatic nitrogens is 2. The summed E-state index contributed by atoms with van der Waals surface area (Å²) >= 11 is 0. The molecule has 0 amide bonds. The Morgan fingerprint density at radius 3 is 2.82 bits per heavy atom. The van der Waals surface area contributed by atoms with E-state index in [1.807, 2.05) is 0 Å². The highest BCUT2D eigenvalue weighted by Crippen LogP contribution is 2.37. The summed E-state index contributed by atoms with van der Waals surface area (Å²) in [7, 11) is 1.59. The lowest BCUT2D eigenvalue weighted by molar-refractivity contribution is 0.331. The van der Waals surface area contributed by atoms with E-state index in [0.717, 1.165) is 18.9 Å². The van der Waals surface area contributed by atoms with Gasteiger partial charge in [0.15, 0.2) is 0 Å². The summed E-state index contributed by atoms with van der Waals surface area (Å²) in [6.07, 6.45) is 8.27. The molecule has 5 heteroatoms. The molecule has 1 aliphatic rings. The normalized spacial score (nSPS) is 18.0. The van der Waals surface area contributed by atoms with E-state index in [1.165, 1.54) is 25.7 Å². The number of hydrogen-bond donors (Lipinski definition) is 2. The van der Waals surface area contributed by atoms with Crippen LogP contribution in [0.2, 0.25) is 0 Å². The first-order valence-electron chi connectivity index (χ1n) is 6.08. The van der Waals surface area contributed by atoms with E-state index in [-0.39, 0.29) is 5.41 Å². The maximum atomic E-state index is 5.89. The van der Waals surface area contributed by atoms with Crippen molar-refractivity contribution in [3.8, 4) is 5.88 Å². The molecule has 0 aromatic carbocycles. The highest BCUT2D eigenvalue weighted by molar-refractivity contribution is 5.33. The number of nitrogens with two attached hydrogens (primary N) is 1. The summed E-state index contributed by atoms with van der Waals surface area (Å²) in [6, 6.07) is 0. The fraction of sp³-hybridized carbons (Fsp3) is 0.667. The van der Waals surface area contributed by atoms with Gasteiger partial charge in [-0.1, -0.05) is 12.8 Å². The summed E-state index contributed by atoms with van der Waals surface area (Å²) in [5, 5.41) is 3.32. The highest BCUT2D eigenvalue weighted by atomic mass is 16.5. The van der Waals surface area contributed by atoms with Gasteiger partial charge in [-0.25, -0.2) is 0 Å². The molecule has 1 aromatic rings.